The number of ether oxygens (including phenoxy) is 1. The minimum Gasteiger partial charge on any atom is -0.444 e. The van der Waals surface area contributed by atoms with E-state index >= 15 is 0 Å². The number of nitrogens with one attached hydrogen (secondary N) is 1. The highest BCUT2D eigenvalue weighted by atomic mass is 19.3. The van der Waals surface area contributed by atoms with Crippen LogP contribution in [0.2, 0.25) is 0 Å². The van der Waals surface area contributed by atoms with E-state index in [4.69, 9.17) is 10.2 Å². The van der Waals surface area contributed by atoms with Gasteiger partial charge < -0.3 is 20.2 Å². The molecule has 0 aliphatic heterocycles. The Bertz CT molecular complexity index is 617. The number of rotatable bonds is 6. The lowest BCUT2D eigenvalue weighted by molar-refractivity contribution is -0.0521. The van der Waals surface area contributed by atoms with Gasteiger partial charge in [0.1, 0.15) is 5.76 Å². The fourth-order valence-electron chi connectivity index (χ4n) is 1.67. The fourth-order valence-corrected chi connectivity index (χ4v) is 1.67. The standard InChI is InChI=1S/C13H14F3N3O2/c1-2-7-5-19-12(20-7)6-18-10-4-11(21-13(15)16)8(14)3-9(10)17/h3-5,13,18H,2,6,17H2,1H3. The molecule has 2 aromatic rings. The number of hydrogen-bond acceptors (Lipinski definition) is 5. The van der Waals surface area contributed by atoms with Crippen molar-refractivity contribution in [3.63, 3.8) is 0 Å². The number of nitrogens with two attached hydrogens (primary N) is 1. The highest BCUT2D eigenvalue weighted by molar-refractivity contribution is 5.68. The van der Waals surface area contributed by atoms with Crippen molar-refractivity contribution in [3.8, 4) is 5.75 Å². The Morgan fingerprint density at radius 2 is 2.19 bits per heavy atom. The van der Waals surface area contributed by atoms with Crippen molar-refractivity contribution in [1.82, 2.24) is 4.98 Å². The van der Waals surface area contributed by atoms with Crippen LogP contribution < -0.4 is 15.8 Å². The molecule has 1 aromatic carbocycles. The van der Waals surface area contributed by atoms with Crippen LogP contribution in [0.5, 0.6) is 5.75 Å². The average Bonchev–Trinajstić information content (AvgIpc) is 2.88. The van der Waals surface area contributed by atoms with E-state index in [9.17, 15) is 13.2 Å². The first-order chi connectivity index (χ1) is 9.99. The molecule has 21 heavy (non-hydrogen) atoms. The van der Waals surface area contributed by atoms with E-state index in [1.54, 1.807) is 6.20 Å². The zero-order valence-corrected chi connectivity index (χ0v) is 11.2. The third kappa shape index (κ3) is 3.80. The van der Waals surface area contributed by atoms with Crippen LogP contribution in [0.15, 0.2) is 22.7 Å². The molecule has 1 aromatic heterocycles. The number of aryl methyl sites for hydroxylation is 1. The van der Waals surface area contributed by atoms with Crippen molar-refractivity contribution >= 4 is 11.4 Å². The van der Waals surface area contributed by atoms with Gasteiger partial charge in [0.25, 0.3) is 0 Å². The Morgan fingerprint density at radius 3 is 2.81 bits per heavy atom. The molecule has 0 unspecified atom stereocenters. The monoisotopic (exact) mass is 301 g/mol. The van der Waals surface area contributed by atoms with Gasteiger partial charge >= 0.3 is 6.61 Å². The van der Waals surface area contributed by atoms with E-state index in [2.05, 4.69) is 15.0 Å². The van der Waals surface area contributed by atoms with E-state index in [1.807, 2.05) is 6.92 Å². The second kappa shape index (κ2) is 6.38. The van der Waals surface area contributed by atoms with E-state index < -0.39 is 18.2 Å². The SMILES string of the molecule is CCc1cnc(CNc2cc(OC(F)F)c(F)cc2N)o1. The molecule has 2 rings (SSSR count). The van der Waals surface area contributed by atoms with Gasteiger partial charge in [-0.15, -0.1) is 0 Å². The number of benzene rings is 1. The summed E-state index contributed by atoms with van der Waals surface area (Å²) in [7, 11) is 0. The smallest absolute Gasteiger partial charge is 0.387 e. The third-order valence-corrected chi connectivity index (χ3v) is 2.70. The normalized spacial score (nSPS) is 10.9. The third-order valence-electron chi connectivity index (χ3n) is 2.70. The summed E-state index contributed by atoms with van der Waals surface area (Å²) in [6.07, 6.45) is 2.30. The number of anilines is 2. The lowest BCUT2D eigenvalue weighted by Gasteiger charge is -2.11. The molecule has 0 aliphatic carbocycles. The lowest BCUT2D eigenvalue weighted by Crippen LogP contribution is -2.07. The van der Waals surface area contributed by atoms with Crippen LogP contribution in [0, 0.1) is 5.82 Å². The number of nitrogen functional groups attached to an aromatic ring is 1. The Balaban J connectivity index is 2.11. The molecule has 0 aliphatic rings. The number of nitrogens with zero attached hydrogens (tertiary/aromatic N) is 1. The summed E-state index contributed by atoms with van der Waals surface area (Å²) in [4.78, 5) is 4.02. The van der Waals surface area contributed by atoms with Gasteiger partial charge in [-0.05, 0) is 0 Å². The van der Waals surface area contributed by atoms with Gasteiger partial charge in [0.2, 0.25) is 5.89 Å². The summed E-state index contributed by atoms with van der Waals surface area (Å²) in [5.41, 5.74) is 5.94. The molecule has 0 radical (unpaired) electrons. The van der Waals surface area contributed by atoms with Gasteiger partial charge in [0.05, 0.1) is 24.1 Å². The van der Waals surface area contributed by atoms with Crippen LogP contribution in [-0.4, -0.2) is 11.6 Å². The molecule has 0 fully saturated rings. The highest BCUT2D eigenvalue weighted by Gasteiger charge is 2.13. The number of alkyl halides is 2. The first-order valence-electron chi connectivity index (χ1n) is 6.21. The Labute approximate surface area is 118 Å². The Kier molecular flexibility index (Phi) is 4.56. The topological polar surface area (TPSA) is 73.3 Å². The Hall–Kier alpha value is -2.38. The van der Waals surface area contributed by atoms with E-state index in [0.717, 1.165) is 17.9 Å². The Morgan fingerprint density at radius 1 is 1.43 bits per heavy atom. The molecule has 8 heteroatoms. The van der Waals surface area contributed by atoms with Crippen LogP contribution in [0.25, 0.3) is 0 Å². The van der Waals surface area contributed by atoms with Crippen LogP contribution in [-0.2, 0) is 13.0 Å². The van der Waals surface area contributed by atoms with Crippen molar-refractivity contribution in [2.45, 2.75) is 26.5 Å². The van der Waals surface area contributed by atoms with Gasteiger partial charge in [-0.3, -0.25) is 0 Å². The van der Waals surface area contributed by atoms with Crippen molar-refractivity contribution < 1.29 is 22.3 Å². The second-order valence-electron chi connectivity index (χ2n) is 4.18. The number of halogens is 3. The van der Waals surface area contributed by atoms with Gasteiger partial charge in [0, 0.05) is 18.6 Å². The summed E-state index contributed by atoms with van der Waals surface area (Å²) in [6, 6.07) is 1.98. The maximum Gasteiger partial charge on any atom is 0.387 e. The second-order valence-corrected chi connectivity index (χ2v) is 4.18. The van der Waals surface area contributed by atoms with Crippen LogP contribution in [0.1, 0.15) is 18.6 Å². The van der Waals surface area contributed by atoms with E-state index in [1.165, 1.54) is 0 Å². The van der Waals surface area contributed by atoms with Gasteiger partial charge in [-0.25, -0.2) is 9.37 Å². The van der Waals surface area contributed by atoms with Gasteiger partial charge in [-0.2, -0.15) is 8.78 Å². The zero-order valence-electron chi connectivity index (χ0n) is 11.2. The van der Waals surface area contributed by atoms with Gasteiger partial charge in [-0.1, -0.05) is 6.92 Å². The quantitative estimate of drug-likeness (QED) is 0.802. The molecule has 0 bridgehead atoms. The van der Waals surface area contributed by atoms with Crippen molar-refractivity contribution in [2.75, 3.05) is 11.1 Å². The molecule has 3 N–H and O–H groups in total. The lowest BCUT2D eigenvalue weighted by atomic mass is 10.2. The average molecular weight is 301 g/mol. The molecule has 0 amide bonds. The predicted molar refractivity (Wildman–Crippen MR) is 70.7 cm³/mol. The maximum atomic E-state index is 13.4. The zero-order chi connectivity index (χ0) is 15.4. The number of aromatic nitrogens is 1. The van der Waals surface area contributed by atoms with Crippen LogP contribution in [0.4, 0.5) is 24.5 Å². The molecule has 0 saturated heterocycles. The number of oxazole rings is 1. The van der Waals surface area contributed by atoms with Crippen molar-refractivity contribution in [1.29, 1.82) is 0 Å². The largest absolute Gasteiger partial charge is 0.444 e. The van der Waals surface area contributed by atoms with Crippen LogP contribution in [0.3, 0.4) is 0 Å². The maximum absolute atomic E-state index is 13.4. The molecule has 114 valence electrons. The van der Waals surface area contributed by atoms with E-state index in [0.29, 0.717) is 12.3 Å². The molecule has 0 spiro atoms. The molecular formula is C13H14F3N3O2. The highest BCUT2D eigenvalue weighted by Crippen LogP contribution is 2.29. The number of hydrogen-bond donors (Lipinski definition) is 2. The summed E-state index contributed by atoms with van der Waals surface area (Å²) in [5, 5.41) is 2.83. The molecular weight excluding hydrogens is 287 g/mol. The molecule has 5 nitrogen and oxygen atoms in total. The predicted octanol–water partition coefficient (Wildman–Crippen LogP) is 3.17. The van der Waals surface area contributed by atoms with Crippen LogP contribution >= 0.6 is 0 Å². The molecule has 0 saturated carbocycles. The van der Waals surface area contributed by atoms with Gasteiger partial charge in [0.15, 0.2) is 11.6 Å². The summed E-state index contributed by atoms with van der Waals surface area (Å²) in [6.45, 7) is -1.01. The first kappa shape index (κ1) is 15.0. The summed E-state index contributed by atoms with van der Waals surface area (Å²) in [5.74, 6) is -0.404. The molecule has 0 atom stereocenters. The molecule has 1 heterocycles. The minimum absolute atomic E-state index is 0.0661. The minimum atomic E-state index is -3.12. The first-order valence-corrected chi connectivity index (χ1v) is 6.21. The van der Waals surface area contributed by atoms with Crippen molar-refractivity contribution in [3.05, 3.63) is 35.8 Å². The summed E-state index contributed by atoms with van der Waals surface area (Å²) < 4.78 is 47.2. The summed E-state index contributed by atoms with van der Waals surface area (Å²) >= 11 is 0. The van der Waals surface area contributed by atoms with E-state index in [-0.39, 0.29) is 17.9 Å². The fraction of sp³-hybridized carbons (Fsp3) is 0.308. The van der Waals surface area contributed by atoms with Crippen molar-refractivity contribution in [2.24, 2.45) is 0 Å².